The molecule has 1 saturated heterocycles. The number of carbonyl (C=O) groups is 1. The van der Waals surface area contributed by atoms with Crippen LogP contribution in [0.4, 0.5) is 0 Å². The fourth-order valence-corrected chi connectivity index (χ4v) is 2.50. The summed E-state index contributed by atoms with van der Waals surface area (Å²) in [5.41, 5.74) is 5.79. The number of hydrogen-bond donors (Lipinski definition) is 1. The fourth-order valence-electron chi connectivity index (χ4n) is 2.32. The minimum atomic E-state index is -0.379. The second-order valence-corrected chi connectivity index (χ2v) is 5.49. The number of piperidine rings is 1. The van der Waals surface area contributed by atoms with E-state index in [1.165, 1.54) is 0 Å². The molecule has 0 radical (unpaired) electrons. The lowest BCUT2D eigenvalue weighted by Gasteiger charge is -2.33. The summed E-state index contributed by atoms with van der Waals surface area (Å²) in [6, 6.07) is 7.09. The van der Waals surface area contributed by atoms with E-state index in [2.05, 4.69) is 0 Å². The van der Waals surface area contributed by atoms with Crippen molar-refractivity contribution in [3.8, 4) is 5.75 Å². The van der Waals surface area contributed by atoms with E-state index in [0.29, 0.717) is 30.3 Å². The maximum Gasteiger partial charge on any atom is 0.239 e. The van der Waals surface area contributed by atoms with Crippen LogP contribution < -0.4 is 10.5 Å². The maximum atomic E-state index is 12.0. The van der Waals surface area contributed by atoms with E-state index in [4.69, 9.17) is 22.1 Å². The number of halogens is 1. The number of ether oxygens (including phenoxy) is 1. The van der Waals surface area contributed by atoms with Gasteiger partial charge in [0, 0.05) is 25.9 Å². The van der Waals surface area contributed by atoms with Crippen LogP contribution in [0.1, 0.15) is 26.2 Å². The summed E-state index contributed by atoms with van der Waals surface area (Å²) >= 11 is 6.08. The van der Waals surface area contributed by atoms with Crippen LogP contribution in [0.3, 0.4) is 0 Å². The van der Waals surface area contributed by atoms with Gasteiger partial charge in [0.1, 0.15) is 11.9 Å². The summed E-state index contributed by atoms with van der Waals surface area (Å²) in [7, 11) is 0. The van der Waals surface area contributed by atoms with Crippen molar-refractivity contribution in [3.05, 3.63) is 29.3 Å². The first-order chi connectivity index (χ1) is 9.61. The molecule has 1 fully saturated rings. The first-order valence-corrected chi connectivity index (χ1v) is 7.45. The van der Waals surface area contributed by atoms with Crippen LogP contribution in [0.25, 0.3) is 0 Å². The molecule has 1 aliphatic rings. The molecule has 0 aromatic heterocycles. The minimum absolute atomic E-state index is 0.0451. The van der Waals surface area contributed by atoms with Crippen molar-refractivity contribution in [2.24, 2.45) is 5.73 Å². The summed E-state index contributed by atoms with van der Waals surface area (Å²) in [4.78, 5) is 13.8. The predicted octanol–water partition coefficient (Wildman–Crippen LogP) is 2.45. The van der Waals surface area contributed by atoms with Crippen LogP contribution in [-0.2, 0) is 4.79 Å². The molecular weight excluding hydrogens is 276 g/mol. The van der Waals surface area contributed by atoms with Gasteiger partial charge in [-0.15, -0.1) is 0 Å². The van der Waals surface area contributed by atoms with Gasteiger partial charge in [0.2, 0.25) is 5.91 Å². The molecule has 0 unspecified atom stereocenters. The highest BCUT2D eigenvalue weighted by atomic mass is 35.5. The Morgan fingerprint density at radius 1 is 1.45 bits per heavy atom. The quantitative estimate of drug-likeness (QED) is 0.928. The number of nitrogens with two attached hydrogens (primary N) is 1. The number of rotatable bonds is 4. The Hall–Kier alpha value is -1.26. The van der Waals surface area contributed by atoms with E-state index >= 15 is 0 Å². The van der Waals surface area contributed by atoms with Crippen molar-refractivity contribution in [2.45, 2.75) is 38.3 Å². The smallest absolute Gasteiger partial charge is 0.239 e. The Kier molecular flexibility index (Phi) is 5.26. The van der Waals surface area contributed by atoms with Crippen molar-refractivity contribution in [3.63, 3.8) is 0 Å². The topological polar surface area (TPSA) is 55.6 Å². The number of nitrogens with zero attached hydrogens (tertiary/aromatic N) is 1. The zero-order valence-corrected chi connectivity index (χ0v) is 12.5. The molecule has 1 aromatic rings. The Morgan fingerprint density at radius 3 is 2.70 bits per heavy atom. The molecule has 0 spiro atoms. The van der Waals surface area contributed by atoms with Crippen molar-refractivity contribution in [1.29, 1.82) is 0 Å². The number of likely N-dealkylation sites (tertiary alicyclic amines) is 1. The van der Waals surface area contributed by atoms with Crippen LogP contribution in [0.2, 0.25) is 5.02 Å². The Morgan fingerprint density at radius 2 is 2.10 bits per heavy atom. The van der Waals surface area contributed by atoms with Gasteiger partial charge in [0.15, 0.2) is 0 Å². The van der Waals surface area contributed by atoms with Gasteiger partial charge in [-0.25, -0.2) is 0 Å². The fraction of sp³-hybridized carbons (Fsp3) is 0.533. The summed E-state index contributed by atoms with van der Waals surface area (Å²) in [6.07, 6.45) is 2.41. The lowest BCUT2D eigenvalue weighted by Crippen LogP contribution is -2.48. The van der Waals surface area contributed by atoms with Gasteiger partial charge in [0.25, 0.3) is 0 Å². The lowest BCUT2D eigenvalue weighted by molar-refractivity contribution is -0.134. The van der Waals surface area contributed by atoms with E-state index in [1.54, 1.807) is 0 Å². The molecule has 20 heavy (non-hydrogen) atoms. The SMILES string of the molecule is CC[C@H](N)C(=O)N1CCC(Oc2ccccc2Cl)CC1. The van der Waals surface area contributed by atoms with Crippen LogP contribution >= 0.6 is 11.6 Å². The third-order valence-corrected chi connectivity index (χ3v) is 3.95. The van der Waals surface area contributed by atoms with Crippen molar-refractivity contribution in [2.75, 3.05) is 13.1 Å². The Balaban J connectivity index is 1.86. The van der Waals surface area contributed by atoms with E-state index < -0.39 is 0 Å². The molecule has 2 rings (SSSR count). The van der Waals surface area contributed by atoms with Crippen LogP contribution in [-0.4, -0.2) is 36.0 Å². The average Bonchev–Trinajstić information content (AvgIpc) is 2.49. The molecule has 110 valence electrons. The Bertz CT molecular complexity index is 459. The molecule has 0 aliphatic carbocycles. The first-order valence-electron chi connectivity index (χ1n) is 7.07. The highest BCUT2D eigenvalue weighted by Gasteiger charge is 2.26. The molecule has 5 heteroatoms. The molecule has 1 aliphatic heterocycles. The molecule has 1 aromatic carbocycles. The third kappa shape index (κ3) is 3.64. The molecule has 2 N–H and O–H groups in total. The van der Waals surface area contributed by atoms with Crippen molar-refractivity contribution in [1.82, 2.24) is 4.90 Å². The van der Waals surface area contributed by atoms with Gasteiger partial charge in [-0.3, -0.25) is 4.79 Å². The summed E-state index contributed by atoms with van der Waals surface area (Å²) in [6.45, 7) is 3.32. The highest BCUT2D eigenvalue weighted by molar-refractivity contribution is 6.32. The summed E-state index contributed by atoms with van der Waals surface area (Å²) in [5.74, 6) is 0.757. The molecule has 0 bridgehead atoms. The second kappa shape index (κ2) is 6.95. The molecule has 4 nitrogen and oxygen atoms in total. The van der Waals surface area contributed by atoms with E-state index in [9.17, 15) is 4.79 Å². The number of benzene rings is 1. The van der Waals surface area contributed by atoms with Crippen LogP contribution in [0, 0.1) is 0 Å². The predicted molar refractivity (Wildman–Crippen MR) is 79.9 cm³/mol. The first kappa shape index (κ1) is 15.1. The molecule has 0 saturated carbocycles. The minimum Gasteiger partial charge on any atom is -0.489 e. The van der Waals surface area contributed by atoms with Crippen molar-refractivity contribution < 1.29 is 9.53 Å². The second-order valence-electron chi connectivity index (χ2n) is 5.09. The number of hydrogen-bond acceptors (Lipinski definition) is 3. The molecular formula is C15H21ClN2O2. The molecule has 1 heterocycles. The van der Waals surface area contributed by atoms with Gasteiger partial charge in [-0.05, 0) is 18.6 Å². The lowest BCUT2D eigenvalue weighted by atomic mass is 10.1. The van der Waals surface area contributed by atoms with Crippen LogP contribution in [0.15, 0.2) is 24.3 Å². The number of para-hydroxylation sites is 1. The van der Waals surface area contributed by atoms with E-state index in [1.807, 2.05) is 36.1 Å². The zero-order valence-electron chi connectivity index (χ0n) is 11.7. The van der Waals surface area contributed by atoms with Gasteiger partial charge >= 0.3 is 0 Å². The third-order valence-electron chi connectivity index (χ3n) is 3.64. The maximum absolute atomic E-state index is 12.0. The highest BCUT2D eigenvalue weighted by Crippen LogP contribution is 2.26. The normalized spacial score (nSPS) is 17.9. The van der Waals surface area contributed by atoms with E-state index in [0.717, 1.165) is 12.8 Å². The van der Waals surface area contributed by atoms with Crippen LogP contribution in [0.5, 0.6) is 5.75 Å². The molecule has 1 atom stereocenters. The summed E-state index contributed by atoms with van der Waals surface area (Å²) < 4.78 is 5.90. The largest absolute Gasteiger partial charge is 0.489 e. The summed E-state index contributed by atoms with van der Waals surface area (Å²) in [5, 5.41) is 0.624. The standard InChI is InChI=1S/C15H21ClN2O2/c1-2-13(17)15(19)18-9-7-11(8-10-18)20-14-6-4-3-5-12(14)16/h3-6,11,13H,2,7-10,17H2,1H3/t13-/m0/s1. The van der Waals surface area contributed by atoms with Crippen molar-refractivity contribution >= 4 is 17.5 Å². The molecule has 1 amide bonds. The van der Waals surface area contributed by atoms with Gasteiger partial charge in [-0.1, -0.05) is 30.7 Å². The van der Waals surface area contributed by atoms with Gasteiger partial charge in [0.05, 0.1) is 11.1 Å². The van der Waals surface area contributed by atoms with E-state index in [-0.39, 0.29) is 18.1 Å². The number of carbonyl (C=O) groups excluding carboxylic acids is 1. The van der Waals surface area contributed by atoms with Gasteiger partial charge < -0.3 is 15.4 Å². The number of amides is 1. The average molecular weight is 297 g/mol. The zero-order chi connectivity index (χ0) is 14.5. The monoisotopic (exact) mass is 296 g/mol. The van der Waals surface area contributed by atoms with Gasteiger partial charge in [-0.2, -0.15) is 0 Å². The Labute approximate surface area is 124 Å².